The summed E-state index contributed by atoms with van der Waals surface area (Å²) in [6, 6.07) is 0. The van der Waals surface area contributed by atoms with Crippen molar-refractivity contribution in [3.05, 3.63) is 0 Å². The average molecular weight is 201 g/mol. The predicted octanol–water partition coefficient (Wildman–Crippen LogP) is 0.870. The van der Waals surface area contributed by atoms with Gasteiger partial charge >= 0.3 is 0 Å². The molecule has 0 radical (unpaired) electrons. The van der Waals surface area contributed by atoms with Gasteiger partial charge in [-0.15, -0.1) is 0 Å². The Morgan fingerprint density at radius 3 is 2.14 bits per heavy atom. The number of likely N-dealkylation sites (N-methyl/N-ethyl adjacent to an activating group) is 2. The molecule has 0 saturated carbocycles. The van der Waals surface area contributed by atoms with E-state index in [1.807, 2.05) is 0 Å². The molecule has 1 N–H and O–H groups in total. The fourth-order valence-corrected chi connectivity index (χ4v) is 1.41. The van der Waals surface area contributed by atoms with Gasteiger partial charge in [-0.25, -0.2) is 0 Å². The van der Waals surface area contributed by atoms with Gasteiger partial charge in [0.05, 0.1) is 0 Å². The quantitative estimate of drug-likeness (QED) is 0.559. The van der Waals surface area contributed by atoms with Crippen LogP contribution in [0, 0.1) is 0 Å². The summed E-state index contributed by atoms with van der Waals surface area (Å²) in [4.78, 5) is 4.78. The largest absolute Gasteiger partial charge is 0.316 e. The van der Waals surface area contributed by atoms with Gasteiger partial charge < -0.3 is 15.1 Å². The van der Waals surface area contributed by atoms with Crippen molar-refractivity contribution in [2.75, 3.05) is 53.4 Å². The van der Waals surface area contributed by atoms with Gasteiger partial charge in [0.2, 0.25) is 0 Å². The van der Waals surface area contributed by atoms with E-state index in [1.54, 1.807) is 0 Å². The highest BCUT2D eigenvalue weighted by atomic mass is 15.2. The summed E-state index contributed by atoms with van der Waals surface area (Å²) in [7, 11) is 4.27. The number of rotatable bonds is 9. The van der Waals surface area contributed by atoms with Crippen molar-refractivity contribution in [2.45, 2.75) is 20.3 Å². The molecule has 0 aromatic carbocycles. The van der Waals surface area contributed by atoms with Crippen LogP contribution in [-0.2, 0) is 0 Å². The second-order valence-corrected chi connectivity index (χ2v) is 4.00. The minimum absolute atomic E-state index is 1.08. The van der Waals surface area contributed by atoms with Gasteiger partial charge in [-0.3, -0.25) is 0 Å². The van der Waals surface area contributed by atoms with E-state index in [0.29, 0.717) is 0 Å². The molecule has 0 saturated heterocycles. The molecule has 0 aromatic heterocycles. The van der Waals surface area contributed by atoms with Crippen molar-refractivity contribution in [3.63, 3.8) is 0 Å². The number of hydrogen-bond acceptors (Lipinski definition) is 3. The van der Waals surface area contributed by atoms with Gasteiger partial charge in [-0.1, -0.05) is 13.8 Å². The normalized spacial score (nSPS) is 11.6. The van der Waals surface area contributed by atoms with Gasteiger partial charge in [0.25, 0.3) is 0 Å². The van der Waals surface area contributed by atoms with Crippen LogP contribution in [0.2, 0.25) is 0 Å². The van der Waals surface area contributed by atoms with E-state index in [2.05, 4.69) is 43.1 Å². The molecule has 0 bridgehead atoms. The van der Waals surface area contributed by atoms with Crippen LogP contribution in [0.1, 0.15) is 20.3 Å². The highest BCUT2D eigenvalue weighted by Gasteiger charge is 2.02. The average Bonchev–Trinajstić information content (AvgIpc) is 2.14. The molecule has 14 heavy (non-hydrogen) atoms. The Labute approximate surface area is 89.5 Å². The molecular weight excluding hydrogens is 174 g/mol. The van der Waals surface area contributed by atoms with Crippen molar-refractivity contribution in [1.82, 2.24) is 15.1 Å². The minimum atomic E-state index is 1.08. The molecule has 3 heteroatoms. The highest BCUT2D eigenvalue weighted by molar-refractivity contribution is 4.60. The Morgan fingerprint density at radius 2 is 1.64 bits per heavy atom. The summed E-state index contributed by atoms with van der Waals surface area (Å²) < 4.78 is 0. The zero-order valence-electron chi connectivity index (χ0n) is 10.3. The Morgan fingerprint density at radius 1 is 0.929 bits per heavy atom. The van der Waals surface area contributed by atoms with Crippen LogP contribution in [-0.4, -0.2) is 63.2 Å². The first-order chi connectivity index (χ1) is 6.70. The second kappa shape index (κ2) is 9.44. The van der Waals surface area contributed by atoms with E-state index < -0.39 is 0 Å². The Hall–Kier alpha value is -0.120. The van der Waals surface area contributed by atoms with E-state index in [4.69, 9.17) is 0 Å². The molecule has 0 aliphatic rings. The van der Waals surface area contributed by atoms with Gasteiger partial charge in [0.15, 0.2) is 0 Å². The summed E-state index contributed by atoms with van der Waals surface area (Å²) >= 11 is 0. The first-order valence-electron chi connectivity index (χ1n) is 5.78. The molecule has 0 spiro atoms. The smallest absolute Gasteiger partial charge is 0.0110 e. The van der Waals surface area contributed by atoms with Crippen LogP contribution in [0.25, 0.3) is 0 Å². The molecule has 0 fully saturated rings. The van der Waals surface area contributed by atoms with E-state index in [1.165, 1.54) is 26.1 Å². The SMILES string of the molecule is CCCN(CCNCC)CCN(C)C. The highest BCUT2D eigenvalue weighted by Crippen LogP contribution is 1.91. The topological polar surface area (TPSA) is 18.5 Å². The van der Waals surface area contributed by atoms with E-state index in [0.717, 1.165) is 19.6 Å². The van der Waals surface area contributed by atoms with Crippen LogP contribution in [0.3, 0.4) is 0 Å². The number of hydrogen-bond donors (Lipinski definition) is 1. The molecule has 86 valence electrons. The Balaban J connectivity index is 3.54. The summed E-state index contributed by atoms with van der Waals surface area (Å²) in [6.07, 6.45) is 1.25. The van der Waals surface area contributed by atoms with Gasteiger partial charge in [-0.05, 0) is 33.6 Å². The molecular formula is C11H27N3. The molecule has 0 amide bonds. The molecule has 0 unspecified atom stereocenters. The summed E-state index contributed by atoms with van der Waals surface area (Å²) in [5.74, 6) is 0. The zero-order chi connectivity index (χ0) is 10.8. The van der Waals surface area contributed by atoms with E-state index >= 15 is 0 Å². The molecule has 0 aliphatic heterocycles. The maximum absolute atomic E-state index is 3.37. The molecule has 0 heterocycles. The predicted molar refractivity (Wildman–Crippen MR) is 63.8 cm³/mol. The molecule has 0 rings (SSSR count). The lowest BCUT2D eigenvalue weighted by Gasteiger charge is -2.23. The van der Waals surface area contributed by atoms with Crippen molar-refractivity contribution < 1.29 is 0 Å². The fraction of sp³-hybridized carbons (Fsp3) is 1.00. The fourth-order valence-electron chi connectivity index (χ4n) is 1.41. The Bertz CT molecular complexity index is 115. The molecule has 0 aliphatic carbocycles. The van der Waals surface area contributed by atoms with Gasteiger partial charge in [-0.2, -0.15) is 0 Å². The molecule has 3 nitrogen and oxygen atoms in total. The first-order valence-corrected chi connectivity index (χ1v) is 5.78. The van der Waals surface area contributed by atoms with Crippen molar-refractivity contribution >= 4 is 0 Å². The summed E-state index contributed by atoms with van der Waals surface area (Å²) in [5.41, 5.74) is 0. The van der Waals surface area contributed by atoms with Crippen molar-refractivity contribution in [1.29, 1.82) is 0 Å². The van der Waals surface area contributed by atoms with Crippen LogP contribution in [0.4, 0.5) is 0 Å². The van der Waals surface area contributed by atoms with Gasteiger partial charge in [0, 0.05) is 26.2 Å². The maximum atomic E-state index is 3.37. The number of nitrogens with zero attached hydrogens (tertiary/aromatic N) is 2. The van der Waals surface area contributed by atoms with Crippen molar-refractivity contribution in [3.8, 4) is 0 Å². The Kier molecular flexibility index (Phi) is 9.35. The third-order valence-electron chi connectivity index (χ3n) is 2.26. The lowest BCUT2D eigenvalue weighted by molar-refractivity contribution is 0.241. The summed E-state index contributed by atoms with van der Waals surface area (Å²) in [6.45, 7) is 11.3. The van der Waals surface area contributed by atoms with Crippen LogP contribution < -0.4 is 5.32 Å². The first kappa shape index (κ1) is 13.9. The van der Waals surface area contributed by atoms with Gasteiger partial charge in [0.1, 0.15) is 0 Å². The van der Waals surface area contributed by atoms with Crippen LogP contribution in [0.15, 0.2) is 0 Å². The second-order valence-electron chi connectivity index (χ2n) is 4.00. The maximum Gasteiger partial charge on any atom is 0.0110 e. The van der Waals surface area contributed by atoms with Crippen molar-refractivity contribution in [2.24, 2.45) is 0 Å². The third kappa shape index (κ3) is 8.48. The lowest BCUT2D eigenvalue weighted by atomic mass is 10.3. The van der Waals surface area contributed by atoms with E-state index in [9.17, 15) is 0 Å². The molecule has 0 atom stereocenters. The minimum Gasteiger partial charge on any atom is -0.316 e. The zero-order valence-corrected chi connectivity index (χ0v) is 10.3. The standard InChI is InChI=1S/C11H27N3/c1-5-8-14(9-7-12-6-2)11-10-13(3)4/h12H,5-11H2,1-4H3. The number of nitrogens with one attached hydrogen (secondary N) is 1. The third-order valence-corrected chi connectivity index (χ3v) is 2.26. The monoisotopic (exact) mass is 201 g/mol. The molecule has 0 aromatic rings. The van der Waals surface area contributed by atoms with E-state index in [-0.39, 0.29) is 0 Å². The summed E-state index contributed by atoms with van der Waals surface area (Å²) in [5, 5.41) is 3.37. The lowest BCUT2D eigenvalue weighted by Crippen LogP contribution is -2.37. The van der Waals surface area contributed by atoms with Crippen LogP contribution >= 0.6 is 0 Å². The van der Waals surface area contributed by atoms with Crippen LogP contribution in [0.5, 0.6) is 0 Å².